The van der Waals surface area contributed by atoms with Gasteiger partial charge in [0.15, 0.2) is 0 Å². The van der Waals surface area contributed by atoms with Crippen molar-refractivity contribution in [1.82, 2.24) is 10.2 Å². The normalized spacial score (nSPS) is 21.6. The lowest BCUT2D eigenvalue weighted by Gasteiger charge is -2.23. The minimum absolute atomic E-state index is 0.0258. The Morgan fingerprint density at radius 2 is 2.05 bits per heavy atom. The number of carbonyl (C=O) groups excluding carboxylic acids is 2. The second-order valence-electron chi connectivity index (χ2n) is 4.91. The summed E-state index contributed by atoms with van der Waals surface area (Å²) < 4.78 is 5.11. The summed E-state index contributed by atoms with van der Waals surface area (Å²) >= 11 is 0. The SMILES string of the molecule is CCOC(=O)N1C[C@@H](NC(C)=O)C[C@@H]1c1ccccc1. The summed E-state index contributed by atoms with van der Waals surface area (Å²) in [6.45, 7) is 4.11. The Morgan fingerprint density at radius 1 is 1.35 bits per heavy atom. The molecule has 2 rings (SSSR count). The van der Waals surface area contributed by atoms with E-state index in [9.17, 15) is 9.59 Å². The van der Waals surface area contributed by atoms with Gasteiger partial charge < -0.3 is 10.1 Å². The Hall–Kier alpha value is -2.04. The van der Waals surface area contributed by atoms with Gasteiger partial charge in [0, 0.05) is 19.5 Å². The topological polar surface area (TPSA) is 58.6 Å². The molecule has 1 aromatic carbocycles. The van der Waals surface area contributed by atoms with Crippen LogP contribution in [-0.2, 0) is 9.53 Å². The molecule has 2 amide bonds. The number of benzene rings is 1. The fraction of sp³-hybridized carbons (Fsp3) is 0.467. The molecule has 1 saturated heterocycles. The van der Waals surface area contributed by atoms with Crippen molar-refractivity contribution >= 4 is 12.0 Å². The highest BCUT2D eigenvalue weighted by Crippen LogP contribution is 2.32. The van der Waals surface area contributed by atoms with Crippen molar-refractivity contribution in [3.05, 3.63) is 35.9 Å². The number of amides is 2. The molecule has 0 bridgehead atoms. The molecule has 2 atom stereocenters. The number of ether oxygens (including phenoxy) is 1. The van der Waals surface area contributed by atoms with Crippen molar-refractivity contribution in [3.63, 3.8) is 0 Å². The third-order valence-electron chi connectivity index (χ3n) is 3.40. The molecule has 1 aliphatic heterocycles. The Balaban J connectivity index is 2.17. The minimum Gasteiger partial charge on any atom is -0.450 e. The number of hydrogen-bond acceptors (Lipinski definition) is 3. The quantitative estimate of drug-likeness (QED) is 0.919. The standard InChI is InChI=1S/C15H20N2O3/c1-3-20-15(19)17-10-13(16-11(2)18)9-14(17)12-7-5-4-6-8-12/h4-8,13-14H,3,9-10H2,1-2H3,(H,16,18)/t13-,14+/m0/s1. The monoisotopic (exact) mass is 276 g/mol. The number of hydrogen-bond donors (Lipinski definition) is 1. The first-order valence-electron chi connectivity index (χ1n) is 6.87. The highest BCUT2D eigenvalue weighted by Gasteiger charge is 2.37. The van der Waals surface area contributed by atoms with E-state index in [0.29, 0.717) is 19.6 Å². The summed E-state index contributed by atoms with van der Waals surface area (Å²) in [6, 6.07) is 9.75. The largest absolute Gasteiger partial charge is 0.450 e. The molecule has 0 spiro atoms. The zero-order valence-corrected chi connectivity index (χ0v) is 11.8. The molecule has 1 N–H and O–H groups in total. The van der Waals surface area contributed by atoms with Crippen molar-refractivity contribution in [2.24, 2.45) is 0 Å². The van der Waals surface area contributed by atoms with Crippen molar-refractivity contribution in [2.45, 2.75) is 32.4 Å². The average Bonchev–Trinajstić information content (AvgIpc) is 2.83. The summed E-state index contributed by atoms with van der Waals surface area (Å²) in [5.74, 6) is -0.0764. The van der Waals surface area contributed by atoms with Crippen LogP contribution >= 0.6 is 0 Å². The second-order valence-corrected chi connectivity index (χ2v) is 4.91. The van der Waals surface area contributed by atoms with Crippen LogP contribution in [0.5, 0.6) is 0 Å². The van der Waals surface area contributed by atoms with Gasteiger partial charge in [0.05, 0.1) is 12.6 Å². The van der Waals surface area contributed by atoms with E-state index < -0.39 is 0 Å². The van der Waals surface area contributed by atoms with Gasteiger partial charge in [-0.25, -0.2) is 4.79 Å². The van der Waals surface area contributed by atoms with Crippen molar-refractivity contribution in [1.29, 1.82) is 0 Å². The van der Waals surface area contributed by atoms with Crippen LogP contribution < -0.4 is 5.32 Å². The third-order valence-corrected chi connectivity index (χ3v) is 3.40. The lowest BCUT2D eigenvalue weighted by atomic mass is 10.0. The van der Waals surface area contributed by atoms with Gasteiger partial charge >= 0.3 is 6.09 Å². The maximum Gasteiger partial charge on any atom is 0.410 e. The molecular formula is C15H20N2O3. The lowest BCUT2D eigenvalue weighted by molar-refractivity contribution is -0.119. The summed E-state index contributed by atoms with van der Waals surface area (Å²) in [5.41, 5.74) is 1.06. The Labute approximate surface area is 118 Å². The molecular weight excluding hydrogens is 256 g/mol. The second kappa shape index (κ2) is 6.41. The predicted octanol–water partition coefficient (Wildman–Crippen LogP) is 2.09. The first kappa shape index (κ1) is 14.4. The van der Waals surface area contributed by atoms with Crippen LogP contribution in [0.15, 0.2) is 30.3 Å². The smallest absolute Gasteiger partial charge is 0.410 e. The van der Waals surface area contributed by atoms with E-state index in [0.717, 1.165) is 5.56 Å². The third kappa shape index (κ3) is 3.29. The molecule has 1 fully saturated rings. The first-order chi connectivity index (χ1) is 9.61. The van der Waals surface area contributed by atoms with Gasteiger partial charge in [-0.05, 0) is 18.9 Å². The zero-order chi connectivity index (χ0) is 14.5. The van der Waals surface area contributed by atoms with E-state index in [1.165, 1.54) is 6.92 Å². The molecule has 5 heteroatoms. The van der Waals surface area contributed by atoms with Gasteiger partial charge in [0.2, 0.25) is 5.91 Å². The predicted molar refractivity (Wildman–Crippen MR) is 75.1 cm³/mol. The molecule has 0 unspecified atom stereocenters. The van der Waals surface area contributed by atoms with Gasteiger partial charge in [-0.15, -0.1) is 0 Å². The van der Waals surface area contributed by atoms with E-state index in [4.69, 9.17) is 4.74 Å². The summed E-state index contributed by atoms with van der Waals surface area (Å²) in [7, 11) is 0. The van der Waals surface area contributed by atoms with Crippen LogP contribution in [0.2, 0.25) is 0 Å². The lowest BCUT2D eigenvalue weighted by Crippen LogP contribution is -2.37. The fourth-order valence-electron chi connectivity index (χ4n) is 2.63. The molecule has 0 aliphatic carbocycles. The van der Waals surface area contributed by atoms with Crippen LogP contribution in [0.25, 0.3) is 0 Å². The maximum atomic E-state index is 12.1. The van der Waals surface area contributed by atoms with Crippen LogP contribution in [0.4, 0.5) is 4.79 Å². The van der Waals surface area contributed by atoms with E-state index in [1.807, 2.05) is 30.3 Å². The van der Waals surface area contributed by atoms with Crippen molar-refractivity contribution in [2.75, 3.05) is 13.2 Å². The van der Waals surface area contributed by atoms with E-state index in [-0.39, 0.29) is 24.1 Å². The number of rotatable bonds is 3. The van der Waals surface area contributed by atoms with Crippen LogP contribution in [0.3, 0.4) is 0 Å². The Bertz CT molecular complexity index is 475. The minimum atomic E-state index is -0.325. The molecule has 108 valence electrons. The molecule has 0 radical (unpaired) electrons. The first-order valence-corrected chi connectivity index (χ1v) is 6.87. The van der Waals surface area contributed by atoms with Gasteiger partial charge in [-0.2, -0.15) is 0 Å². The van der Waals surface area contributed by atoms with E-state index in [1.54, 1.807) is 11.8 Å². The number of nitrogens with zero attached hydrogens (tertiary/aromatic N) is 1. The van der Waals surface area contributed by atoms with Gasteiger partial charge in [-0.1, -0.05) is 30.3 Å². The summed E-state index contributed by atoms with van der Waals surface area (Å²) in [6.07, 6.45) is 0.386. The van der Waals surface area contributed by atoms with E-state index in [2.05, 4.69) is 5.32 Å². The number of likely N-dealkylation sites (tertiary alicyclic amines) is 1. The Kier molecular flexibility index (Phi) is 4.61. The molecule has 1 aromatic rings. The summed E-state index contributed by atoms with van der Waals surface area (Å²) in [4.78, 5) is 24.9. The molecule has 0 aromatic heterocycles. The van der Waals surface area contributed by atoms with Crippen LogP contribution in [0, 0.1) is 0 Å². The Morgan fingerprint density at radius 3 is 2.65 bits per heavy atom. The van der Waals surface area contributed by atoms with E-state index >= 15 is 0 Å². The molecule has 1 aliphatic rings. The molecule has 0 saturated carbocycles. The molecule has 1 heterocycles. The highest BCUT2D eigenvalue weighted by atomic mass is 16.6. The average molecular weight is 276 g/mol. The molecule has 20 heavy (non-hydrogen) atoms. The number of carbonyl (C=O) groups is 2. The van der Waals surface area contributed by atoms with Crippen molar-refractivity contribution in [3.8, 4) is 0 Å². The van der Waals surface area contributed by atoms with Crippen molar-refractivity contribution < 1.29 is 14.3 Å². The summed E-state index contributed by atoms with van der Waals surface area (Å²) in [5, 5.41) is 2.88. The molecule has 5 nitrogen and oxygen atoms in total. The fourth-order valence-corrected chi connectivity index (χ4v) is 2.63. The van der Waals surface area contributed by atoms with Gasteiger partial charge in [-0.3, -0.25) is 9.69 Å². The maximum absolute atomic E-state index is 12.1. The number of nitrogens with one attached hydrogen (secondary N) is 1. The highest BCUT2D eigenvalue weighted by molar-refractivity contribution is 5.74. The van der Waals surface area contributed by atoms with Crippen LogP contribution in [-0.4, -0.2) is 36.1 Å². The van der Waals surface area contributed by atoms with Gasteiger partial charge in [0.25, 0.3) is 0 Å². The van der Waals surface area contributed by atoms with Gasteiger partial charge in [0.1, 0.15) is 0 Å². The van der Waals surface area contributed by atoms with Crippen LogP contribution in [0.1, 0.15) is 31.9 Å². The zero-order valence-electron chi connectivity index (χ0n) is 11.8.